The second-order valence-electron chi connectivity index (χ2n) is 4.12. The van der Waals surface area contributed by atoms with E-state index in [2.05, 4.69) is 0 Å². The minimum Gasteiger partial charge on any atom is -0.308 e. The van der Waals surface area contributed by atoms with Crippen LogP contribution in [0.1, 0.15) is 0 Å². The first-order chi connectivity index (χ1) is 8.09. The van der Waals surface area contributed by atoms with Crippen molar-refractivity contribution in [3.05, 3.63) is 44.3 Å². The molecule has 0 aliphatic rings. The van der Waals surface area contributed by atoms with E-state index in [0.29, 0.717) is 18.5 Å². The van der Waals surface area contributed by atoms with Crippen molar-refractivity contribution >= 4 is 33.8 Å². The molecule has 0 amide bonds. The summed E-state index contributed by atoms with van der Waals surface area (Å²) < 4.78 is 2.07. The number of benzene rings is 1. The molecule has 0 bridgehead atoms. The molecule has 2 rings (SSSR count). The summed E-state index contributed by atoms with van der Waals surface area (Å²) in [5.74, 6) is 0. The van der Waals surface area contributed by atoms with Gasteiger partial charge < -0.3 is 4.90 Å². The predicted molar refractivity (Wildman–Crippen MR) is 78.2 cm³/mol. The summed E-state index contributed by atoms with van der Waals surface area (Å²) in [7, 11) is 3.83. The van der Waals surface area contributed by atoms with Gasteiger partial charge >= 0.3 is 4.87 Å². The summed E-state index contributed by atoms with van der Waals surface area (Å²) in [6, 6.07) is 7.22. The molecule has 1 heterocycles. The van der Waals surface area contributed by atoms with Gasteiger partial charge in [0.05, 0.1) is 5.39 Å². The summed E-state index contributed by atoms with van der Waals surface area (Å²) in [6.07, 6.45) is 0. The molecular weight excluding hydrogens is 272 g/mol. The van der Waals surface area contributed by atoms with Crippen LogP contribution in [0.4, 0.5) is 0 Å². The maximum Gasteiger partial charge on any atom is 0.310 e. The summed E-state index contributed by atoms with van der Waals surface area (Å²) >= 11 is 1.12. The van der Waals surface area contributed by atoms with Crippen LogP contribution < -0.4 is 10.4 Å². The molecule has 0 saturated heterocycles. The Bertz CT molecular complexity index is 648. The zero-order chi connectivity index (χ0) is 12.4. The predicted octanol–water partition coefficient (Wildman–Crippen LogP) is 1.41. The molecule has 0 aliphatic heterocycles. The molecule has 0 fully saturated rings. The Hall–Kier alpha value is -1.17. The van der Waals surface area contributed by atoms with E-state index < -0.39 is 0 Å². The average Bonchev–Trinajstić information content (AvgIpc) is 2.28. The molecule has 0 aliphatic carbocycles. The van der Waals surface area contributed by atoms with E-state index in [1.54, 1.807) is 12.1 Å². The highest BCUT2D eigenvalue weighted by Crippen LogP contribution is 2.10. The molecule has 6 heteroatoms. The molecule has 4 nitrogen and oxygen atoms in total. The van der Waals surface area contributed by atoms with E-state index in [4.69, 9.17) is 0 Å². The molecule has 1 aromatic heterocycles. The quantitative estimate of drug-likeness (QED) is 0.857. The number of nitrogens with zero attached hydrogens (tertiary/aromatic N) is 2. The van der Waals surface area contributed by atoms with E-state index in [-0.39, 0.29) is 22.8 Å². The molecule has 0 unspecified atom stereocenters. The standard InChI is InChI=1S/C12H14N2O2S.ClH/c1-13(2)7-8-14-11(15)9-5-3-4-6-10(9)17-12(14)16;/h3-6H,7-8H2,1-2H3;1H. The first kappa shape index (κ1) is 14.9. The van der Waals surface area contributed by atoms with Crippen molar-refractivity contribution in [3.63, 3.8) is 0 Å². The molecule has 0 atom stereocenters. The van der Waals surface area contributed by atoms with Crippen LogP contribution in [-0.2, 0) is 6.54 Å². The van der Waals surface area contributed by atoms with Gasteiger partial charge in [0.2, 0.25) is 0 Å². The van der Waals surface area contributed by atoms with Crippen LogP contribution >= 0.6 is 23.7 Å². The number of aromatic nitrogens is 1. The van der Waals surface area contributed by atoms with Crippen LogP contribution in [0.2, 0.25) is 0 Å². The van der Waals surface area contributed by atoms with Crippen molar-refractivity contribution in [1.82, 2.24) is 9.47 Å². The topological polar surface area (TPSA) is 42.3 Å². The normalized spacial score (nSPS) is 10.6. The van der Waals surface area contributed by atoms with Gasteiger partial charge in [-0.05, 0) is 26.2 Å². The third-order valence-corrected chi connectivity index (χ3v) is 3.52. The van der Waals surface area contributed by atoms with Gasteiger partial charge in [0, 0.05) is 17.8 Å². The van der Waals surface area contributed by atoms with Crippen molar-refractivity contribution in [2.45, 2.75) is 6.54 Å². The molecule has 0 N–H and O–H groups in total. The lowest BCUT2D eigenvalue weighted by Gasteiger charge is -2.10. The number of fused-ring (bicyclic) bond motifs is 1. The van der Waals surface area contributed by atoms with Crippen LogP contribution in [0.15, 0.2) is 33.9 Å². The Kier molecular flexibility index (Phi) is 5.07. The molecule has 0 saturated carbocycles. The van der Waals surface area contributed by atoms with Crippen molar-refractivity contribution in [2.75, 3.05) is 20.6 Å². The van der Waals surface area contributed by atoms with Gasteiger partial charge in [0.15, 0.2) is 0 Å². The van der Waals surface area contributed by atoms with Gasteiger partial charge in [-0.25, -0.2) is 0 Å². The van der Waals surface area contributed by atoms with E-state index in [9.17, 15) is 9.59 Å². The zero-order valence-corrected chi connectivity index (χ0v) is 11.9. The van der Waals surface area contributed by atoms with Gasteiger partial charge in [0.25, 0.3) is 5.56 Å². The van der Waals surface area contributed by atoms with Gasteiger partial charge in [0.1, 0.15) is 0 Å². The summed E-state index contributed by atoms with van der Waals surface area (Å²) in [4.78, 5) is 25.7. The third-order valence-electron chi connectivity index (χ3n) is 2.55. The average molecular weight is 287 g/mol. The van der Waals surface area contributed by atoms with Gasteiger partial charge in [-0.15, -0.1) is 12.4 Å². The fraction of sp³-hybridized carbons (Fsp3) is 0.333. The molecule has 1 aromatic carbocycles. The van der Waals surface area contributed by atoms with E-state index >= 15 is 0 Å². The molecule has 2 aromatic rings. The Balaban J connectivity index is 0.00000162. The number of rotatable bonds is 3. The highest BCUT2D eigenvalue weighted by molar-refractivity contribution is 7.16. The number of hydrogen-bond acceptors (Lipinski definition) is 4. The molecule has 0 spiro atoms. The van der Waals surface area contributed by atoms with E-state index in [0.717, 1.165) is 16.0 Å². The maximum absolute atomic E-state index is 12.1. The molecule has 18 heavy (non-hydrogen) atoms. The second kappa shape index (κ2) is 6.13. The van der Waals surface area contributed by atoms with Crippen molar-refractivity contribution in [1.29, 1.82) is 0 Å². The number of hydrogen-bond donors (Lipinski definition) is 0. The minimum atomic E-state index is -0.189. The smallest absolute Gasteiger partial charge is 0.308 e. The summed E-state index contributed by atoms with van der Waals surface area (Å²) in [5, 5.41) is 0.621. The van der Waals surface area contributed by atoms with Crippen LogP contribution in [0.25, 0.3) is 10.1 Å². The highest BCUT2D eigenvalue weighted by atomic mass is 35.5. The van der Waals surface area contributed by atoms with E-state index in [1.165, 1.54) is 4.57 Å². The Morgan fingerprint density at radius 1 is 1.22 bits per heavy atom. The van der Waals surface area contributed by atoms with Gasteiger partial charge in [-0.3, -0.25) is 14.2 Å². The SMILES string of the molecule is CN(C)CCn1c(=O)sc2ccccc2c1=O.Cl. The number of halogens is 1. The lowest BCUT2D eigenvalue weighted by Crippen LogP contribution is -2.34. The van der Waals surface area contributed by atoms with Crippen LogP contribution in [0, 0.1) is 0 Å². The fourth-order valence-corrected chi connectivity index (χ4v) is 2.49. The Labute approximate surface area is 115 Å². The minimum absolute atomic E-state index is 0. The monoisotopic (exact) mass is 286 g/mol. The first-order valence-electron chi connectivity index (χ1n) is 5.37. The Morgan fingerprint density at radius 2 is 1.89 bits per heavy atom. The highest BCUT2D eigenvalue weighted by Gasteiger charge is 2.07. The van der Waals surface area contributed by atoms with Crippen molar-refractivity contribution in [3.8, 4) is 0 Å². The lowest BCUT2D eigenvalue weighted by atomic mass is 10.3. The largest absolute Gasteiger partial charge is 0.310 e. The number of likely N-dealkylation sites (N-methyl/N-ethyl adjacent to an activating group) is 1. The zero-order valence-electron chi connectivity index (χ0n) is 10.3. The molecular formula is C12H15ClN2O2S. The fourth-order valence-electron chi connectivity index (χ4n) is 1.60. The van der Waals surface area contributed by atoms with Gasteiger partial charge in [-0.1, -0.05) is 23.5 Å². The summed E-state index contributed by atoms with van der Waals surface area (Å²) in [6.45, 7) is 1.12. The van der Waals surface area contributed by atoms with Crippen LogP contribution in [-0.4, -0.2) is 30.1 Å². The third kappa shape index (κ3) is 2.98. The first-order valence-corrected chi connectivity index (χ1v) is 6.18. The Morgan fingerprint density at radius 3 is 2.56 bits per heavy atom. The summed E-state index contributed by atoms with van der Waals surface area (Å²) in [5.41, 5.74) is -0.189. The van der Waals surface area contributed by atoms with E-state index in [1.807, 2.05) is 31.1 Å². The van der Waals surface area contributed by atoms with Crippen molar-refractivity contribution in [2.24, 2.45) is 0 Å². The van der Waals surface area contributed by atoms with Crippen molar-refractivity contribution < 1.29 is 0 Å². The second-order valence-corrected chi connectivity index (χ2v) is 5.12. The molecule has 98 valence electrons. The van der Waals surface area contributed by atoms with Crippen LogP contribution in [0.3, 0.4) is 0 Å². The maximum atomic E-state index is 12.1. The van der Waals surface area contributed by atoms with Gasteiger partial charge in [-0.2, -0.15) is 0 Å². The lowest BCUT2D eigenvalue weighted by molar-refractivity contribution is 0.380. The molecule has 0 radical (unpaired) electrons. The van der Waals surface area contributed by atoms with Crippen LogP contribution in [0.5, 0.6) is 0 Å².